The maximum atomic E-state index is 11.8. The molecule has 7 rings (SSSR count). The van der Waals surface area contributed by atoms with E-state index in [1.165, 1.54) is 74.9 Å². The third kappa shape index (κ3) is 8.32. The quantitative estimate of drug-likeness (QED) is 0.238. The monoisotopic (exact) mass is 719 g/mol. The molecule has 2 aromatic carbocycles. The molecule has 44 heavy (non-hydrogen) atoms. The number of allylic oxidation sites excluding steroid dienone is 6. The first-order chi connectivity index (χ1) is 20.1. The molecule has 2 aromatic rings. The Morgan fingerprint density at radius 1 is 1.00 bits per heavy atom. The molecule has 0 saturated heterocycles. The van der Waals surface area contributed by atoms with Crippen molar-refractivity contribution >= 4 is 29.0 Å². The van der Waals surface area contributed by atoms with Crippen molar-refractivity contribution in [2.45, 2.75) is 84.7 Å². The van der Waals surface area contributed by atoms with Crippen molar-refractivity contribution in [3.05, 3.63) is 113 Å². The zero-order valence-electron chi connectivity index (χ0n) is 26.3. The Morgan fingerprint density at radius 3 is 2.23 bits per heavy atom. The third-order valence-electron chi connectivity index (χ3n) is 10.5. The zero-order chi connectivity index (χ0) is 30.5. The Hall–Kier alpha value is -1.35. The van der Waals surface area contributed by atoms with E-state index in [2.05, 4.69) is 74.4 Å². The van der Waals surface area contributed by atoms with Crippen LogP contribution in [0.2, 0.25) is 0 Å². The van der Waals surface area contributed by atoms with Gasteiger partial charge >= 0.3 is 34.6 Å². The van der Waals surface area contributed by atoms with Gasteiger partial charge in [0.2, 0.25) is 0 Å². The van der Waals surface area contributed by atoms with Gasteiger partial charge in [0.15, 0.2) is 0 Å². The molecule has 5 unspecified atom stereocenters. The van der Waals surface area contributed by atoms with Crippen LogP contribution in [-0.2, 0) is 36.8 Å². The normalized spacial score (nSPS) is 26.7. The van der Waals surface area contributed by atoms with Crippen LogP contribution in [-0.4, -0.2) is 4.21 Å². The van der Waals surface area contributed by atoms with Gasteiger partial charge in [-0.25, -0.2) is 29.2 Å². The molecule has 5 aliphatic rings. The predicted molar refractivity (Wildman–Crippen MR) is 179 cm³/mol. The summed E-state index contributed by atoms with van der Waals surface area (Å²) in [5.41, 5.74) is 6.70. The van der Waals surface area contributed by atoms with E-state index >= 15 is 0 Å². The summed E-state index contributed by atoms with van der Waals surface area (Å²) in [6.07, 6.45) is 14.3. The van der Waals surface area contributed by atoms with Crippen LogP contribution in [0, 0.1) is 47.1 Å². The fourth-order valence-corrected chi connectivity index (χ4v) is 7.92. The number of hydrogen-bond acceptors (Lipinski definition) is 0. The van der Waals surface area contributed by atoms with Crippen molar-refractivity contribution < 1.29 is 37.4 Å². The van der Waals surface area contributed by atoms with E-state index in [-0.39, 0.29) is 24.8 Å². The van der Waals surface area contributed by atoms with Crippen LogP contribution < -0.4 is 0 Å². The molecule has 5 aliphatic carbocycles. The van der Waals surface area contributed by atoms with Crippen LogP contribution in [0.1, 0.15) is 88.8 Å². The molecule has 0 heterocycles. The van der Waals surface area contributed by atoms with Crippen molar-refractivity contribution in [2.24, 2.45) is 29.1 Å². The molecule has 0 aliphatic heterocycles. The minimum absolute atomic E-state index is 0. The second-order valence-corrected chi connectivity index (χ2v) is 12.8. The third-order valence-corrected chi connectivity index (χ3v) is 10.5. The molecular formula is C38H46Cl2F3Zr-3. The van der Waals surface area contributed by atoms with Crippen LogP contribution in [0.25, 0.3) is 0 Å². The molecule has 240 valence electrons. The molecule has 0 amide bonds. The SMILES string of the molecule is C[C-]1C2=C3Cc4ccccc4C3C3CCCCC3C2CC(C)C1(C)C.Cl.Cl.FC(F)(F)c1c[c-]ccc1.[C-]1=CC=CC1.[CH2]=[Zr]. The molecule has 2 saturated carbocycles. The van der Waals surface area contributed by atoms with Gasteiger partial charge in [0, 0.05) is 0 Å². The summed E-state index contributed by atoms with van der Waals surface area (Å²) in [7, 11) is 0. The summed E-state index contributed by atoms with van der Waals surface area (Å²) >= 11 is 1.30. The van der Waals surface area contributed by atoms with Crippen LogP contribution in [0.15, 0.2) is 77.9 Å². The van der Waals surface area contributed by atoms with Gasteiger partial charge in [-0.1, -0.05) is 105 Å². The molecule has 0 radical (unpaired) electrons. The Morgan fingerprint density at radius 2 is 1.68 bits per heavy atom. The van der Waals surface area contributed by atoms with Gasteiger partial charge in [-0.05, 0) is 30.6 Å². The molecule has 0 aromatic heterocycles. The van der Waals surface area contributed by atoms with Gasteiger partial charge in [-0.3, -0.25) is 6.08 Å². The van der Waals surface area contributed by atoms with Crippen molar-refractivity contribution in [2.75, 3.05) is 0 Å². The van der Waals surface area contributed by atoms with Gasteiger partial charge in [-0.15, -0.1) is 38.2 Å². The summed E-state index contributed by atoms with van der Waals surface area (Å²) in [5, 5.41) is 0. The van der Waals surface area contributed by atoms with Gasteiger partial charge < -0.3 is 0 Å². The number of fused-ring (bicyclic) bond motifs is 7. The average Bonchev–Trinajstić information content (AvgIpc) is 3.70. The molecule has 0 bridgehead atoms. The van der Waals surface area contributed by atoms with E-state index in [1.807, 2.05) is 23.3 Å². The molecule has 6 heteroatoms. The number of halogens is 5. The molecular weight excluding hydrogens is 676 g/mol. The Kier molecular flexibility index (Phi) is 15.0. The minimum atomic E-state index is -4.24. The Balaban J connectivity index is 0.000000296. The topological polar surface area (TPSA) is 0 Å². The second kappa shape index (κ2) is 17.0. The second-order valence-electron chi connectivity index (χ2n) is 12.8. The van der Waals surface area contributed by atoms with E-state index in [4.69, 9.17) is 0 Å². The van der Waals surface area contributed by atoms with E-state index in [0.717, 1.165) is 48.1 Å². The van der Waals surface area contributed by atoms with Gasteiger partial charge in [0.25, 0.3) is 0 Å². The summed E-state index contributed by atoms with van der Waals surface area (Å²) in [5.74, 6) is 6.00. The van der Waals surface area contributed by atoms with Crippen molar-refractivity contribution in [1.82, 2.24) is 0 Å². The summed E-state index contributed by atoms with van der Waals surface area (Å²) in [4.78, 5) is 0. The van der Waals surface area contributed by atoms with E-state index in [9.17, 15) is 13.2 Å². The average molecular weight is 722 g/mol. The van der Waals surface area contributed by atoms with Crippen molar-refractivity contribution in [3.63, 3.8) is 0 Å². The number of alkyl halides is 3. The fourth-order valence-electron chi connectivity index (χ4n) is 7.92. The first-order valence-corrected chi connectivity index (χ1v) is 17.1. The van der Waals surface area contributed by atoms with Crippen LogP contribution in [0.5, 0.6) is 0 Å². The van der Waals surface area contributed by atoms with Gasteiger partial charge in [0.05, 0.1) is 0 Å². The van der Waals surface area contributed by atoms with E-state index in [1.54, 1.807) is 17.0 Å². The molecule has 0 N–H and O–H groups in total. The molecule has 0 spiro atoms. The zero-order valence-corrected chi connectivity index (χ0v) is 30.4. The maximum absolute atomic E-state index is 11.8. The van der Waals surface area contributed by atoms with Gasteiger partial charge in [0.1, 0.15) is 0 Å². The number of benzene rings is 2. The summed E-state index contributed by atoms with van der Waals surface area (Å²) in [6.45, 7) is 9.99. The van der Waals surface area contributed by atoms with Crippen LogP contribution >= 0.6 is 24.8 Å². The first-order valence-electron chi connectivity index (χ1n) is 15.4. The molecule has 0 nitrogen and oxygen atoms in total. The van der Waals surface area contributed by atoms with E-state index < -0.39 is 11.7 Å². The Bertz CT molecular complexity index is 1270. The van der Waals surface area contributed by atoms with Crippen molar-refractivity contribution in [1.29, 1.82) is 0 Å². The van der Waals surface area contributed by atoms with Crippen LogP contribution in [0.3, 0.4) is 0 Å². The van der Waals surface area contributed by atoms with Gasteiger partial charge in [-0.2, -0.15) is 49.6 Å². The molecule has 2 fully saturated rings. The fraction of sp³-hybridized carbons (Fsp3) is 0.474. The Labute approximate surface area is 291 Å². The van der Waals surface area contributed by atoms with Crippen LogP contribution in [0.4, 0.5) is 13.2 Å². The summed E-state index contributed by atoms with van der Waals surface area (Å²) in [6, 6.07) is 16.4. The molecule has 5 atom stereocenters. The first kappa shape index (κ1) is 38.8. The van der Waals surface area contributed by atoms with Crippen molar-refractivity contribution in [3.8, 4) is 0 Å². The van der Waals surface area contributed by atoms with E-state index in [0.29, 0.717) is 5.41 Å². The number of hydrogen-bond donors (Lipinski definition) is 0. The predicted octanol–water partition coefficient (Wildman–Crippen LogP) is 11.3. The standard InChI is InChI=1S/C25H33.C7H4F3.C5H5.CH2.2ClH.Zr/c1-15-13-21-19-11-7-8-12-20(19)24-18-10-6-5-9-17(18)14-22(24)23(21)16(2)25(15,3)4;8-7(9,10)6-4-2-1-3-5-6;1-2-4-5-3-1;;;;/h5-6,9-10,15,19-21,24H,7-8,11-14H2,1-4H3;1-2,4-5H;1-3H,4H2;1H2;2*1H;/q3*-1;;;;. The number of rotatable bonds is 0. The summed E-state index contributed by atoms with van der Waals surface area (Å²) < 4.78 is 38.6.